The lowest BCUT2D eigenvalue weighted by Gasteiger charge is -2.31. The number of aliphatic hydroxyl groups is 1. The molecule has 2 aliphatic heterocycles. The van der Waals surface area contributed by atoms with Gasteiger partial charge in [0, 0.05) is 63.2 Å². The molecule has 0 radical (unpaired) electrons. The fourth-order valence-corrected chi connectivity index (χ4v) is 5.17. The summed E-state index contributed by atoms with van der Waals surface area (Å²) in [6, 6.07) is 12.1. The molecule has 4 rings (SSSR count). The third-order valence-electron chi connectivity index (χ3n) is 7.45. The zero-order valence-electron chi connectivity index (χ0n) is 22.6. The number of benzene rings is 2. The molecule has 1 fully saturated rings. The number of amides is 1. The lowest BCUT2D eigenvalue weighted by molar-refractivity contribution is 0.0978. The van der Waals surface area contributed by atoms with Gasteiger partial charge in [-0.1, -0.05) is 6.92 Å². The number of carbonyl (C=O) groups is 1. The van der Waals surface area contributed by atoms with Crippen LogP contribution in [0.4, 0.5) is 11.4 Å². The van der Waals surface area contributed by atoms with Crippen molar-refractivity contribution in [2.45, 2.75) is 45.3 Å². The van der Waals surface area contributed by atoms with E-state index in [1.54, 1.807) is 14.2 Å². The molecule has 0 aromatic heterocycles. The summed E-state index contributed by atoms with van der Waals surface area (Å²) >= 11 is 0. The number of hydrogen-bond acceptors (Lipinski definition) is 7. The Morgan fingerprint density at radius 1 is 1.00 bits per heavy atom. The molecular weight excluding hydrogens is 470 g/mol. The van der Waals surface area contributed by atoms with Gasteiger partial charge in [0.05, 0.1) is 25.5 Å². The topological polar surface area (TPSA) is 74.7 Å². The number of rotatable bonds is 10. The Morgan fingerprint density at radius 3 is 2.59 bits per heavy atom. The quantitative estimate of drug-likeness (QED) is 0.523. The van der Waals surface area contributed by atoms with Gasteiger partial charge < -0.3 is 29.1 Å². The van der Waals surface area contributed by atoms with Gasteiger partial charge >= 0.3 is 0 Å². The zero-order valence-corrected chi connectivity index (χ0v) is 22.6. The van der Waals surface area contributed by atoms with Crippen molar-refractivity contribution in [3.63, 3.8) is 0 Å². The van der Waals surface area contributed by atoms with Crippen molar-refractivity contribution < 1.29 is 24.1 Å². The Morgan fingerprint density at radius 2 is 1.84 bits per heavy atom. The highest BCUT2D eigenvalue weighted by Crippen LogP contribution is 2.35. The summed E-state index contributed by atoms with van der Waals surface area (Å²) in [5.74, 6) is 1.45. The lowest BCUT2D eigenvalue weighted by Crippen LogP contribution is -2.39. The summed E-state index contributed by atoms with van der Waals surface area (Å²) in [7, 11) is 3.45. The monoisotopic (exact) mass is 511 g/mol. The van der Waals surface area contributed by atoms with E-state index in [1.165, 1.54) is 0 Å². The van der Waals surface area contributed by atoms with E-state index in [2.05, 4.69) is 22.8 Å². The van der Waals surface area contributed by atoms with Gasteiger partial charge in [-0.15, -0.1) is 0 Å². The van der Waals surface area contributed by atoms with E-state index in [1.807, 2.05) is 42.2 Å². The number of carbonyl (C=O) groups excluding carboxylic acids is 1. The van der Waals surface area contributed by atoms with Gasteiger partial charge in [-0.05, 0) is 62.1 Å². The minimum atomic E-state index is -0.487. The fraction of sp³-hybridized carbons (Fsp3) is 0.552. The standard InChI is InChI=1S/C29H41N3O5/c1-5-24(33)20-37-25-8-9-26-22(17-25)11-14-32(29(26)34)23-7-10-27(28(18-23)36-4)31-13-6-12-30(15-16-31)21(2)19-35-3/h7-10,17-18,21,24,33H,5-6,11-16,19-20H2,1-4H3. The third kappa shape index (κ3) is 6.37. The first-order valence-electron chi connectivity index (χ1n) is 13.4. The summed E-state index contributed by atoms with van der Waals surface area (Å²) in [4.78, 5) is 20.1. The predicted octanol–water partition coefficient (Wildman–Crippen LogP) is 3.59. The van der Waals surface area contributed by atoms with Crippen LogP contribution in [0.3, 0.4) is 0 Å². The fourth-order valence-electron chi connectivity index (χ4n) is 5.17. The van der Waals surface area contributed by atoms with Crippen molar-refractivity contribution in [3.8, 4) is 11.5 Å². The number of anilines is 2. The molecule has 2 aliphatic rings. The smallest absolute Gasteiger partial charge is 0.258 e. The predicted molar refractivity (Wildman–Crippen MR) is 146 cm³/mol. The maximum Gasteiger partial charge on any atom is 0.258 e. The van der Waals surface area contributed by atoms with Crippen LogP contribution in [0.25, 0.3) is 0 Å². The summed E-state index contributed by atoms with van der Waals surface area (Å²) in [5.41, 5.74) is 3.57. The first-order chi connectivity index (χ1) is 17.9. The maximum absolute atomic E-state index is 13.4. The van der Waals surface area contributed by atoms with Crippen LogP contribution in [0.5, 0.6) is 11.5 Å². The van der Waals surface area contributed by atoms with Crippen molar-refractivity contribution in [1.29, 1.82) is 0 Å². The van der Waals surface area contributed by atoms with E-state index in [0.29, 0.717) is 30.3 Å². The molecule has 1 saturated heterocycles. The van der Waals surface area contributed by atoms with Crippen LogP contribution in [-0.2, 0) is 11.2 Å². The molecule has 2 aromatic rings. The molecular formula is C29H41N3O5. The van der Waals surface area contributed by atoms with Gasteiger partial charge in [0.15, 0.2) is 0 Å². The molecule has 0 aliphatic carbocycles. The normalized spacial score (nSPS) is 18.2. The Hall–Kier alpha value is -2.81. The Balaban J connectivity index is 1.47. The van der Waals surface area contributed by atoms with Crippen LogP contribution >= 0.6 is 0 Å². The van der Waals surface area contributed by atoms with E-state index < -0.39 is 6.10 Å². The number of methoxy groups -OCH3 is 2. The second kappa shape index (κ2) is 12.6. The van der Waals surface area contributed by atoms with Crippen molar-refractivity contribution >= 4 is 17.3 Å². The summed E-state index contributed by atoms with van der Waals surface area (Å²) in [6.45, 7) is 9.61. The van der Waals surface area contributed by atoms with Crippen LogP contribution < -0.4 is 19.3 Å². The molecule has 2 aromatic carbocycles. The van der Waals surface area contributed by atoms with Crippen molar-refractivity contribution in [1.82, 2.24) is 4.90 Å². The molecule has 0 saturated carbocycles. The zero-order chi connectivity index (χ0) is 26.4. The molecule has 0 bridgehead atoms. The Kier molecular flexibility index (Phi) is 9.29. The largest absolute Gasteiger partial charge is 0.495 e. The van der Waals surface area contributed by atoms with Gasteiger partial charge in [0.1, 0.15) is 18.1 Å². The summed E-state index contributed by atoms with van der Waals surface area (Å²) < 4.78 is 16.9. The number of nitrogens with zero attached hydrogens (tertiary/aromatic N) is 3. The molecule has 2 unspecified atom stereocenters. The summed E-state index contributed by atoms with van der Waals surface area (Å²) in [6.07, 6.45) is 1.97. The highest BCUT2D eigenvalue weighted by molar-refractivity contribution is 6.08. The van der Waals surface area contributed by atoms with Crippen LogP contribution in [0.15, 0.2) is 36.4 Å². The molecule has 8 nitrogen and oxygen atoms in total. The highest BCUT2D eigenvalue weighted by Gasteiger charge is 2.27. The number of ether oxygens (including phenoxy) is 3. The lowest BCUT2D eigenvalue weighted by atomic mass is 9.98. The molecule has 1 N–H and O–H groups in total. The SMILES string of the molecule is CCC(O)COc1ccc2c(c1)CCN(c1ccc(N3CCCN(C(C)COC)CC3)c(OC)c1)C2=O. The molecule has 0 spiro atoms. The number of fused-ring (bicyclic) bond motifs is 1. The highest BCUT2D eigenvalue weighted by atomic mass is 16.5. The van der Waals surface area contributed by atoms with E-state index >= 15 is 0 Å². The number of hydrogen-bond donors (Lipinski definition) is 1. The van der Waals surface area contributed by atoms with Gasteiger partial charge in [-0.25, -0.2) is 0 Å². The van der Waals surface area contributed by atoms with Crippen LogP contribution in [0, 0.1) is 0 Å². The molecule has 202 valence electrons. The number of aliphatic hydroxyl groups excluding tert-OH is 1. The molecule has 2 atom stereocenters. The van der Waals surface area contributed by atoms with Crippen LogP contribution in [0.1, 0.15) is 42.6 Å². The second-order valence-electron chi connectivity index (χ2n) is 9.94. The van der Waals surface area contributed by atoms with E-state index in [0.717, 1.165) is 68.3 Å². The minimum Gasteiger partial charge on any atom is -0.495 e. The van der Waals surface area contributed by atoms with E-state index in [-0.39, 0.29) is 12.5 Å². The molecule has 8 heteroatoms. The Labute approximate surface area is 220 Å². The minimum absolute atomic E-state index is 0.0197. The average Bonchev–Trinajstić information content (AvgIpc) is 3.18. The van der Waals surface area contributed by atoms with Crippen molar-refractivity contribution in [2.75, 3.05) is 70.0 Å². The van der Waals surface area contributed by atoms with Gasteiger partial charge in [0.2, 0.25) is 0 Å². The van der Waals surface area contributed by atoms with Crippen LogP contribution in [0.2, 0.25) is 0 Å². The molecule has 1 amide bonds. The maximum atomic E-state index is 13.4. The van der Waals surface area contributed by atoms with E-state index in [9.17, 15) is 9.90 Å². The van der Waals surface area contributed by atoms with Crippen LogP contribution in [-0.4, -0.2) is 88.2 Å². The Bertz CT molecular complexity index is 1060. The molecule has 37 heavy (non-hydrogen) atoms. The second-order valence-corrected chi connectivity index (χ2v) is 9.94. The average molecular weight is 512 g/mol. The summed E-state index contributed by atoms with van der Waals surface area (Å²) in [5, 5.41) is 9.77. The first-order valence-corrected chi connectivity index (χ1v) is 13.4. The molecule has 2 heterocycles. The van der Waals surface area contributed by atoms with Gasteiger partial charge in [-0.2, -0.15) is 0 Å². The van der Waals surface area contributed by atoms with Crippen molar-refractivity contribution in [3.05, 3.63) is 47.5 Å². The van der Waals surface area contributed by atoms with Crippen molar-refractivity contribution in [2.24, 2.45) is 0 Å². The van der Waals surface area contributed by atoms with Gasteiger partial charge in [0.25, 0.3) is 5.91 Å². The van der Waals surface area contributed by atoms with E-state index in [4.69, 9.17) is 14.2 Å². The van der Waals surface area contributed by atoms with Gasteiger partial charge in [-0.3, -0.25) is 9.69 Å². The first kappa shape index (κ1) is 27.2. The third-order valence-corrected chi connectivity index (χ3v) is 7.45.